The lowest BCUT2D eigenvalue weighted by atomic mass is 9.92. The molecular weight excluding hydrogens is 458 g/mol. The Balaban J connectivity index is 1.39. The van der Waals surface area contributed by atoms with Gasteiger partial charge in [0.15, 0.2) is 5.69 Å². The van der Waals surface area contributed by atoms with Gasteiger partial charge in [-0.3, -0.25) is 19.1 Å². The van der Waals surface area contributed by atoms with Crippen LogP contribution in [0.25, 0.3) is 0 Å². The van der Waals surface area contributed by atoms with Gasteiger partial charge in [0.2, 0.25) is 5.91 Å². The number of carbonyl (C=O) groups is 3. The van der Waals surface area contributed by atoms with Crippen molar-refractivity contribution < 1.29 is 19.1 Å². The summed E-state index contributed by atoms with van der Waals surface area (Å²) in [7, 11) is 1.63. The van der Waals surface area contributed by atoms with E-state index < -0.39 is 5.54 Å². The number of aromatic nitrogens is 2. The topological polar surface area (TPSA) is 106 Å². The highest BCUT2D eigenvalue weighted by Gasteiger charge is 2.46. The first-order valence-electron chi connectivity index (χ1n) is 13.0. The standard InChI is InChI=1S/C27H37N5O4/c1-4-5-15-36-21-13-11-19(12-14-21)17-28-24(33)22-16-23-25(34)31(3)27(2,18-32(23)30-22)26(35)29-20-9-7-6-8-10-20/h11-14,16,20H,4-10,15,17-18H2,1-3H3,(H,28,33)(H,29,35)/t27-/m1/s1. The van der Waals surface area contributed by atoms with Gasteiger partial charge < -0.3 is 20.3 Å². The summed E-state index contributed by atoms with van der Waals surface area (Å²) in [6, 6.07) is 9.24. The van der Waals surface area contributed by atoms with Gasteiger partial charge in [0.25, 0.3) is 11.8 Å². The SMILES string of the molecule is CCCCOc1ccc(CNC(=O)c2cc3n(n2)C[C@](C)(C(=O)NC2CCCCC2)N(C)C3=O)cc1. The van der Waals surface area contributed by atoms with Crippen LogP contribution in [0.2, 0.25) is 0 Å². The average molecular weight is 496 g/mol. The molecule has 2 heterocycles. The monoisotopic (exact) mass is 495 g/mol. The summed E-state index contributed by atoms with van der Waals surface area (Å²) in [5, 5.41) is 10.4. The summed E-state index contributed by atoms with van der Waals surface area (Å²) in [6.45, 7) is 5.07. The number of hydrogen-bond acceptors (Lipinski definition) is 5. The molecule has 9 nitrogen and oxygen atoms in total. The Morgan fingerprint density at radius 2 is 1.89 bits per heavy atom. The Hall–Kier alpha value is -3.36. The molecule has 3 amide bonds. The van der Waals surface area contributed by atoms with Crippen LogP contribution in [0.1, 0.15) is 85.3 Å². The molecule has 1 atom stereocenters. The second-order valence-corrected chi connectivity index (χ2v) is 10.0. The van der Waals surface area contributed by atoms with Crippen molar-refractivity contribution in [2.75, 3.05) is 13.7 Å². The zero-order valence-corrected chi connectivity index (χ0v) is 21.5. The van der Waals surface area contributed by atoms with E-state index in [4.69, 9.17) is 4.74 Å². The Kier molecular flexibility index (Phi) is 7.96. The smallest absolute Gasteiger partial charge is 0.272 e. The molecular formula is C27H37N5O4. The maximum atomic E-state index is 13.2. The molecule has 2 N–H and O–H groups in total. The lowest BCUT2D eigenvalue weighted by Gasteiger charge is -2.41. The van der Waals surface area contributed by atoms with Crippen LogP contribution in [-0.2, 0) is 17.9 Å². The summed E-state index contributed by atoms with van der Waals surface area (Å²) in [4.78, 5) is 40.6. The van der Waals surface area contributed by atoms with Crippen molar-refractivity contribution in [2.45, 2.75) is 83.5 Å². The van der Waals surface area contributed by atoms with Gasteiger partial charge in [-0.15, -0.1) is 0 Å². The molecule has 2 aliphatic rings. The summed E-state index contributed by atoms with van der Waals surface area (Å²) in [5.74, 6) is -0.0743. The van der Waals surface area contributed by atoms with Gasteiger partial charge in [-0.05, 0) is 43.9 Å². The van der Waals surface area contributed by atoms with Crippen molar-refractivity contribution in [2.24, 2.45) is 0 Å². The molecule has 0 saturated heterocycles. The molecule has 9 heteroatoms. The first kappa shape index (κ1) is 25.7. The zero-order chi connectivity index (χ0) is 25.7. The molecule has 36 heavy (non-hydrogen) atoms. The van der Waals surface area contributed by atoms with Crippen molar-refractivity contribution in [3.8, 4) is 5.75 Å². The number of benzene rings is 1. The average Bonchev–Trinajstić information content (AvgIpc) is 3.31. The van der Waals surface area contributed by atoms with E-state index in [2.05, 4.69) is 22.7 Å². The van der Waals surface area contributed by atoms with E-state index in [1.165, 1.54) is 22.1 Å². The van der Waals surface area contributed by atoms with E-state index in [0.717, 1.165) is 49.8 Å². The predicted molar refractivity (Wildman–Crippen MR) is 136 cm³/mol. The molecule has 1 aromatic carbocycles. The first-order chi connectivity index (χ1) is 17.3. The fourth-order valence-electron chi connectivity index (χ4n) is 4.74. The Bertz CT molecular complexity index is 1090. The molecule has 0 unspecified atom stereocenters. The number of rotatable bonds is 9. The Morgan fingerprint density at radius 3 is 2.58 bits per heavy atom. The number of fused-ring (bicyclic) bond motifs is 1. The van der Waals surface area contributed by atoms with Crippen LogP contribution < -0.4 is 15.4 Å². The molecule has 4 rings (SSSR count). The van der Waals surface area contributed by atoms with Gasteiger partial charge in [-0.25, -0.2) is 0 Å². The molecule has 1 saturated carbocycles. The van der Waals surface area contributed by atoms with E-state index in [9.17, 15) is 14.4 Å². The number of unbranched alkanes of at least 4 members (excludes halogenated alkanes) is 1. The fraction of sp³-hybridized carbons (Fsp3) is 0.556. The Labute approximate surface area is 212 Å². The zero-order valence-electron chi connectivity index (χ0n) is 21.5. The quantitative estimate of drug-likeness (QED) is 0.520. The highest BCUT2D eigenvalue weighted by Crippen LogP contribution is 2.27. The minimum atomic E-state index is -1.08. The van der Waals surface area contributed by atoms with Crippen molar-refractivity contribution in [1.82, 2.24) is 25.3 Å². The molecule has 0 spiro atoms. The van der Waals surface area contributed by atoms with E-state index in [-0.39, 0.29) is 36.0 Å². The van der Waals surface area contributed by atoms with Crippen molar-refractivity contribution >= 4 is 17.7 Å². The van der Waals surface area contributed by atoms with Gasteiger partial charge in [0.1, 0.15) is 17.0 Å². The van der Waals surface area contributed by atoms with Gasteiger partial charge in [0, 0.05) is 25.7 Å². The highest BCUT2D eigenvalue weighted by atomic mass is 16.5. The molecule has 2 aromatic rings. The summed E-state index contributed by atoms with van der Waals surface area (Å²) >= 11 is 0. The number of nitrogens with zero attached hydrogens (tertiary/aromatic N) is 3. The van der Waals surface area contributed by atoms with Crippen LogP contribution in [0.3, 0.4) is 0 Å². The second kappa shape index (κ2) is 11.1. The molecule has 194 valence electrons. The number of carbonyl (C=O) groups excluding carboxylic acids is 3. The lowest BCUT2D eigenvalue weighted by Crippen LogP contribution is -2.63. The van der Waals surface area contributed by atoms with Gasteiger partial charge in [0.05, 0.1) is 13.2 Å². The van der Waals surface area contributed by atoms with Crippen LogP contribution in [-0.4, -0.2) is 57.6 Å². The molecule has 0 bridgehead atoms. The van der Waals surface area contributed by atoms with E-state index in [0.29, 0.717) is 18.8 Å². The van der Waals surface area contributed by atoms with Crippen LogP contribution in [0.4, 0.5) is 0 Å². The van der Waals surface area contributed by atoms with Crippen molar-refractivity contribution in [1.29, 1.82) is 0 Å². The van der Waals surface area contributed by atoms with Crippen molar-refractivity contribution in [3.63, 3.8) is 0 Å². The fourth-order valence-corrected chi connectivity index (χ4v) is 4.74. The number of amides is 3. The highest BCUT2D eigenvalue weighted by molar-refractivity contribution is 6.01. The van der Waals surface area contributed by atoms with Gasteiger partial charge in [-0.1, -0.05) is 44.7 Å². The van der Waals surface area contributed by atoms with E-state index in [1.54, 1.807) is 14.0 Å². The van der Waals surface area contributed by atoms with E-state index in [1.807, 2.05) is 24.3 Å². The lowest BCUT2D eigenvalue weighted by molar-refractivity contribution is -0.133. The van der Waals surface area contributed by atoms with E-state index >= 15 is 0 Å². The molecule has 1 aliphatic heterocycles. The van der Waals surface area contributed by atoms with Crippen LogP contribution in [0.5, 0.6) is 5.75 Å². The molecule has 1 aliphatic carbocycles. The number of likely N-dealkylation sites (N-methyl/N-ethyl adjacent to an activating group) is 1. The van der Waals surface area contributed by atoms with Gasteiger partial charge >= 0.3 is 0 Å². The number of ether oxygens (including phenoxy) is 1. The minimum absolute atomic E-state index is 0.143. The third-order valence-electron chi connectivity index (χ3n) is 7.31. The van der Waals surface area contributed by atoms with Crippen LogP contribution in [0.15, 0.2) is 30.3 Å². The first-order valence-corrected chi connectivity index (χ1v) is 13.0. The maximum Gasteiger partial charge on any atom is 0.272 e. The normalized spacial score (nSPS) is 20.1. The maximum absolute atomic E-state index is 13.2. The minimum Gasteiger partial charge on any atom is -0.494 e. The third-order valence-corrected chi connectivity index (χ3v) is 7.31. The van der Waals surface area contributed by atoms with Gasteiger partial charge in [-0.2, -0.15) is 5.10 Å². The van der Waals surface area contributed by atoms with Crippen LogP contribution in [0, 0.1) is 0 Å². The summed E-state index contributed by atoms with van der Waals surface area (Å²) in [5.41, 5.74) is 0.308. The third kappa shape index (κ3) is 5.55. The molecule has 1 aromatic heterocycles. The summed E-state index contributed by atoms with van der Waals surface area (Å²) < 4.78 is 7.16. The van der Waals surface area contributed by atoms with Crippen LogP contribution >= 0.6 is 0 Å². The second-order valence-electron chi connectivity index (χ2n) is 10.0. The largest absolute Gasteiger partial charge is 0.494 e. The predicted octanol–water partition coefficient (Wildman–Crippen LogP) is 3.29. The molecule has 1 fully saturated rings. The molecule has 0 radical (unpaired) electrons. The Morgan fingerprint density at radius 1 is 1.17 bits per heavy atom. The van der Waals surface area contributed by atoms with Crippen molar-refractivity contribution in [3.05, 3.63) is 47.3 Å². The summed E-state index contributed by atoms with van der Waals surface area (Å²) in [6.07, 6.45) is 7.43. The number of hydrogen-bond donors (Lipinski definition) is 2. The number of nitrogens with one attached hydrogen (secondary N) is 2.